The number of benzene rings is 1. The Kier molecular flexibility index (Phi) is 2.44. The zero-order valence-corrected chi connectivity index (χ0v) is 10.6. The van der Waals surface area contributed by atoms with Gasteiger partial charge in [-0.25, -0.2) is 12.7 Å². The predicted molar refractivity (Wildman–Crippen MR) is 68.6 cm³/mol. The second-order valence-corrected chi connectivity index (χ2v) is 6.18. The van der Waals surface area contributed by atoms with Gasteiger partial charge < -0.3 is 10.6 Å². The van der Waals surface area contributed by atoms with Crippen LogP contribution in [0.15, 0.2) is 34.2 Å². The summed E-state index contributed by atoms with van der Waals surface area (Å²) in [6.07, 6.45) is 0. The molecule has 0 spiro atoms. The zero-order valence-electron chi connectivity index (χ0n) is 9.78. The Bertz CT molecular complexity index is 594. The number of guanidine groups is 1. The van der Waals surface area contributed by atoms with Gasteiger partial charge in [0, 0.05) is 18.8 Å². The molecule has 3 rings (SSSR count). The standard InChI is InChI=1S/C11H14N4O2S/c12-9-1-3-10(4-2-9)18(16,17)15-8-7-14-6-5-13-11(14)15/h1-4H,5-8,12H2. The zero-order chi connectivity index (χ0) is 12.8. The highest BCUT2D eigenvalue weighted by atomic mass is 32.2. The topological polar surface area (TPSA) is 79.0 Å². The maximum Gasteiger partial charge on any atom is 0.266 e. The van der Waals surface area contributed by atoms with Crippen LogP contribution in [0.5, 0.6) is 0 Å². The number of nitrogens with two attached hydrogens (primary N) is 1. The summed E-state index contributed by atoms with van der Waals surface area (Å²) in [7, 11) is -3.50. The van der Waals surface area contributed by atoms with Crippen molar-refractivity contribution in [3.05, 3.63) is 24.3 Å². The van der Waals surface area contributed by atoms with Crippen molar-refractivity contribution in [2.75, 3.05) is 31.9 Å². The third-order valence-corrected chi connectivity index (χ3v) is 4.96. The van der Waals surface area contributed by atoms with E-state index in [1.165, 1.54) is 16.4 Å². The smallest absolute Gasteiger partial charge is 0.266 e. The lowest BCUT2D eigenvalue weighted by Gasteiger charge is -2.18. The average Bonchev–Trinajstić information content (AvgIpc) is 2.90. The van der Waals surface area contributed by atoms with Gasteiger partial charge in [0.05, 0.1) is 18.0 Å². The van der Waals surface area contributed by atoms with E-state index in [0.29, 0.717) is 31.3 Å². The number of rotatable bonds is 2. The van der Waals surface area contributed by atoms with E-state index in [1.54, 1.807) is 12.1 Å². The van der Waals surface area contributed by atoms with Crippen LogP contribution in [0.2, 0.25) is 0 Å². The van der Waals surface area contributed by atoms with Crippen molar-refractivity contribution in [1.82, 2.24) is 9.21 Å². The molecule has 0 bridgehead atoms. The summed E-state index contributed by atoms with van der Waals surface area (Å²) < 4.78 is 26.3. The first-order valence-corrected chi connectivity index (χ1v) is 7.21. The molecule has 0 unspecified atom stereocenters. The SMILES string of the molecule is Nc1ccc(S(=O)(=O)N2CCN3CCN=C32)cc1. The Morgan fingerprint density at radius 2 is 1.83 bits per heavy atom. The van der Waals surface area contributed by atoms with Gasteiger partial charge in [0.1, 0.15) is 0 Å². The number of aliphatic imine (C=N–C) groups is 1. The maximum absolute atomic E-state index is 12.5. The van der Waals surface area contributed by atoms with Crippen LogP contribution in [0.3, 0.4) is 0 Å². The summed E-state index contributed by atoms with van der Waals surface area (Å²) in [6, 6.07) is 6.25. The molecule has 7 heteroatoms. The van der Waals surface area contributed by atoms with Crippen LogP contribution in [0, 0.1) is 0 Å². The molecule has 0 atom stereocenters. The third-order valence-electron chi connectivity index (χ3n) is 3.17. The van der Waals surface area contributed by atoms with Gasteiger partial charge in [0.25, 0.3) is 10.0 Å². The van der Waals surface area contributed by atoms with E-state index in [-0.39, 0.29) is 4.90 Å². The fourth-order valence-electron chi connectivity index (χ4n) is 2.23. The Labute approximate surface area is 106 Å². The van der Waals surface area contributed by atoms with Gasteiger partial charge in [-0.1, -0.05) is 0 Å². The predicted octanol–water partition coefficient (Wildman–Crippen LogP) is -0.0553. The molecule has 0 aromatic heterocycles. The van der Waals surface area contributed by atoms with Gasteiger partial charge >= 0.3 is 0 Å². The Morgan fingerprint density at radius 3 is 2.56 bits per heavy atom. The summed E-state index contributed by atoms with van der Waals surface area (Å²) in [4.78, 5) is 6.51. The molecule has 0 aliphatic carbocycles. The molecule has 1 fully saturated rings. The second kappa shape index (κ2) is 3.88. The lowest BCUT2D eigenvalue weighted by atomic mass is 10.3. The lowest BCUT2D eigenvalue weighted by Crippen LogP contribution is -2.35. The molecule has 0 saturated carbocycles. The van der Waals surface area contributed by atoms with Crippen molar-refractivity contribution in [2.24, 2.45) is 4.99 Å². The van der Waals surface area contributed by atoms with E-state index in [1.807, 2.05) is 4.90 Å². The Balaban J connectivity index is 1.98. The fraction of sp³-hybridized carbons (Fsp3) is 0.364. The molecule has 18 heavy (non-hydrogen) atoms. The number of fused-ring (bicyclic) bond motifs is 1. The summed E-state index contributed by atoms with van der Waals surface area (Å²) in [6.45, 7) is 2.66. The van der Waals surface area contributed by atoms with E-state index in [0.717, 1.165) is 6.54 Å². The molecule has 2 N–H and O–H groups in total. The fourth-order valence-corrected chi connectivity index (χ4v) is 3.67. The van der Waals surface area contributed by atoms with Gasteiger partial charge in [-0.3, -0.25) is 4.99 Å². The van der Waals surface area contributed by atoms with Crippen LogP contribution >= 0.6 is 0 Å². The van der Waals surface area contributed by atoms with Crippen LogP contribution in [0.1, 0.15) is 0 Å². The van der Waals surface area contributed by atoms with Crippen molar-refractivity contribution in [1.29, 1.82) is 0 Å². The molecule has 0 amide bonds. The highest BCUT2D eigenvalue weighted by molar-refractivity contribution is 7.89. The van der Waals surface area contributed by atoms with E-state index < -0.39 is 10.0 Å². The van der Waals surface area contributed by atoms with Crippen molar-refractivity contribution >= 4 is 21.7 Å². The molecule has 1 saturated heterocycles. The number of anilines is 1. The summed E-state index contributed by atoms with van der Waals surface area (Å²) in [5.74, 6) is 0.576. The highest BCUT2D eigenvalue weighted by Gasteiger charge is 2.37. The number of nitrogen functional groups attached to an aromatic ring is 1. The van der Waals surface area contributed by atoms with E-state index in [9.17, 15) is 8.42 Å². The molecular weight excluding hydrogens is 252 g/mol. The first-order chi connectivity index (χ1) is 8.59. The molecule has 6 nitrogen and oxygen atoms in total. The van der Waals surface area contributed by atoms with Crippen LogP contribution in [0.25, 0.3) is 0 Å². The first kappa shape index (κ1) is 11.3. The third kappa shape index (κ3) is 1.62. The van der Waals surface area contributed by atoms with Crippen molar-refractivity contribution < 1.29 is 8.42 Å². The Morgan fingerprint density at radius 1 is 1.11 bits per heavy atom. The number of hydrogen-bond donors (Lipinski definition) is 1. The van der Waals surface area contributed by atoms with Gasteiger partial charge in [-0.05, 0) is 24.3 Å². The number of nitrogens with zero attached hydrogens (tertiary/aromatic N) is 3. The molecule has 96 valence electrons. The highest BCUT2D eigenvalue weighted by Crippen LogP contribution is 2.23. The number of hydrogen-bond acceptors (Lipinski definition) is 5. The monoisotopic (exact) mass is 266 g/mol. The van der Waals surface area contributed by atoms with E-state index in [4.69, 9.17) is 5.73 Å². The molecule has 1 aromatic carbocycles. The van der Waals surface area contributed by atoms with Gasteiger partial charge in [0.2, 0.25) is 5.96 Å². The van der Waals surface area contributed by atoms with Crippen LogP contribution in [-0.2, 0) is 10.0 Å². The lowest BCUT2D eigenvalue weighted by molar-refractivity contribution is 0.500. The van der Waals surface area contributed by atoms with E-state index >= 15 is 0 Å². The second-order valence-electron chi connectivity index (χ2n) is 4.31. The van der Waals surface area contributed by atoms with Gasteiger partial charge in [-0.2, -0.15) is 0 Å². The van der Waals surface area contributed by atoms with Gasteiger partial charge in [0.15, 0.2) is 0 Å². The molecule has 2 aliphatic rings. The first-order valence-electron chi connectivity index (χ1n) is 5.77. The summed E-state index contributed by atoms with van der Waals surface area (Å²) in [5, 5.41) is 0. The molecule has 2 heterocycles. The minimum absolute atomic E-state index is 0.258. The Hall–Kier alpha value is -1.76. The van der Waals surface area contributed by atoms with Crippen molar-refractivity contribution in [3.8, 4) is 0 Å². The van der Waals surface area contributed by atoms with E-state index in [2.05, 4.69) is 4.99 Å². The van der Waals surface area contributed by atoms with Crippen LogP contribution < -0.4 is 5.73 Å². The minimum Gasteiger partial charge on any atom is -0.399 e. The maximum atomic E-state index is 12.5. The van der Waals surface area contributed by atoms with Gasteiger partial charge in [-0.15, -0.1) is 0 Å². The number of sulfonamides is 1. The summed E-state index contributed by atoms with van der Waals surface area (Å²) in [5.41, 5.74) is 6.12. The van der Waals surface area contributed by atoms with Crippen LogP contribution in [0.4, 0.5) is 5.69 Å². The largest absolute Gasteiger partial charge is 0.399 e. The van der Waals surface area contributed by atoms with Crippen molar-refractivity contribution in [2.45, 2.75) is 4.90 Å². The van der Waals surface area contributed by atoms with Crippen LogP contribution in [-0.4, -0.2) is 49.8 Å². The average molecular weight is 266 g/mol. The quantitative estimate of drug-likeness (QED) is 0.761. The summed E-state index contributed by atoms with van der Waals surface area (Å²) >= 11 is 0. The molecule has 2 aliphatic heterocycles. The normalized spacial score (nSPS) is 19.0. The minimum atomic E-state index is -3.50. The molecule has 1 aromatic rings. The molecule has 0 radical (unpaired) electrons. The molecular formula is C11H14N4O2S. The van der Waals surface area contributed by atoms with Crippen molar-refractivity contribution in [3.63, 3.8) is 0 Å².